The molecule has 2 aromatic carbocycles. The molecular weight excluding hydrogens is 267 g/mol. The lowest BCUT2D eigenvalue weighted by Crippen LogP contribution is -2.12. The van der Waals surface area contributed by atoms with Crippen molar-refractivity contribution in [3.63, 3.8) is 0 Å². The number of nitrogens with two attached hydrogens (primary N) is 1. The molecule has 0 unspecified atom stereocenters. The molecule has 0 saturated carbocycles. The Morgan fingerprint density at radius 1 is 1.26 bits per heavy atom. The molecule has 98 valence electrons. The summed E-state index contributed by atoms with van der Waals surface area (Å²) in [6.45, 7) is 1.85. The molecule has 0 spiro atoms. The lowest BCUT2D eigenvalue weighted by molar-refractivity contribution is 0.479. The lowest BCUT2D eigenvalue weighted by atomic mass is 10.1. The van der Waals surface area contributed by atoms with Crippen LogP contribution in [0, 0.1) is 18.2 Å². The molecule has 0 radical (unpaired) electrons. The van der Waals surface area contributed by atoms with Gasteiger partial charge in [-0.15, -0.1) is 0 Å². The minimum Gasteiger partial charge on any atom is -0.457 e. The fourth-order valence-corrected chi connectivity index (χ4v) is 1.73. The second kappa shape index (κ2) is 5.28. The predicted octanol–water partition coefficient (Wildman–Crippen LogP) is 3.86. The van der Waals surface area contributed by atoms with Crippen molar-refractivity contribution < 1.29 is 9.13 Å². The molecule has 5 heteroatoms. The van der Waals surface area contributed by atoms with Crippen molar-refractivity contribution in [3.8, 4) is 11.5 Å². The predicted molar refractivity (Wildman–Crippen MR) is 73.7 cm³/mol. The van der Waals surface area contributed by atoms with Crippen LogP contribution in [-0.4, -0.2) is 5.84 Å². The Kier molecular flexibility index (Phi) is 3.71. The van der Waals surface area contributed by atoms with E-state index in [1.54, 1.807) is 18.2 Å². The number of ether oxygens (including phenoxy) is 1. The highest BCUT2D eigenvalue weighted by Gasteiger charge is 2.10. The van der Waals surface area contributed by atoms with Gasteiger partial charge in [0.25, 0.3) is 0 Å². The van der Waals surface area contributed by atoms with E-state index in [1.807, 2.05) is 6.92 Å². The van der Waals surface area contributed by atoms with Crippen LogP contribution in [0.1, 0.15) is 11.1 Å². The highest BCUT2D eigenvalue weighted by molar-refractivity contribution is 6.31. The summed E-state index contributed by atoms with van der Waals surface area (Å²) in [5.74, 6) is 0.164. The van der Waals surface area contributed by atoms with Crippen molar-refractivity contribution in [3.05, 3.63) is 58.4 Å². The van der Waals surface area contributed by atoms with E-state index in [0.29, 0.717) is 16.5 Å². The smallest absolute Gasteiger partial charge is 0.138 e. The van der Waals surface area contributed by atoms with E-state index < -0.39 is 5.82 Å². The maximum absolute atomic E-state index is 13.1. The zero-order valence-corrected chi connectivity index (χ0v) is 11.0. The van der Waals surface area contributed by atoms with E-state index in [1.165, 1.54) is 18.2 Å². The van der Waals surface area contributed by atoms with Gasteiger partial charge in [-0.3, -0.25) is 5.41 Å². The first-order valence-corrected chi connectivity index (χ1v) is 5.93. The molecule has 2 rings (SSSR count). The van der Waals surface area contributed by atoms with Gasteiger partial charge in [0.15, 0.2) is 0 Å². The highest BCUT2D eigenvalue weighted by atomic mass is 35.5. The molecule has 2 aromatic rings. The van der Waals surface area contributed by atoms with Crippen molar-refractivity contribution in [1.82, 2.24) is 0 Å². The Morgan fingerprint density at radius 3 is 2.63 bits per heavy atom. The zero-order chi connectivity index (χ0) is 14.0. The number of aryl methyl sites for hydroxylation is 1. The third-order valence-corrected chi connectivity index (χ3v) is 3.01. The number of nitrogen functional groups attached to an aromatic ring is 1. The average Bonchev–Trinajstić information content (AvgIpc) is 2.36. The monoisotopic (exact) mass is 278 g/mol. The van der Waals surface area contributed by atoms with Crippen LogP contribution in [0.4, 0.5) is 4.39 Å². The molecule has 0 aliphatic rings. The molecule has 0 fully saturated rings. The van der Waals surface area contributed by atoms with E-state index >= 15 is 0 Å². The zero-order valence-electron chi connectivity index (χ0n) is 10.2. The number of hydrogen-bond acceptors (Lipinski definition) is 2. The summed E-state index contributed by atoms with van der Waals surface area (Å²) in [4.78, 5) is 0. The Hall–Kier alpha value is -2.07. The Morgan fingerprint density at radius 2 is 2.00 bits per heavy atom. The Balaban J connectivity index is 2.37. The number of nitrogens with one attached hydrogen (secondary N) is 1. The fourth-order valence-electron chi connectivity index (χ4n) is 1.61. The second-order valence-corrected chi connectivity index (χ2v) is 4.47. The maximum atomic E-state index is 13.1. The first-order chi connectivity index (χ1) is 8.97. The molecule has 3 N–H and O–H groups in total. The molecule has 19 heavy (non-hydrogen) atoms. The van der Waals surface area contributed by atoms with Gasteiger partial charge in [0.2, 0.25) is 0 Å². The molecule has 0 bridgehead atoms. The highest BCUT2D eigenvalue weighted by Crippen LogP contribution is 2.28. The lowest BCUT2D eigenvalue weighted by Gasteiger charge is -2.11. The topological polar surface area (TPSA) is 59.1 Å². The normalized spacial score (nSPS) is 10.3. The summed E-state index contributed by atoms with van der Waals surface area (Å²) in [5, 5.41) is 8.06. The van der Waals surface area contributed by atoms with Gasteiger partial charge in [-0.2, -0.15) is 0 Å². The van der Waals surface area contributed by atoms with E-state index in [9.17, 15) is 4.39 Å². The summed E-state index contributed by atoms with van der Waals surface area (Å²) in [6, 6.07) is 9.03. The van der Waals surface area contributed by atoms with Crippen LogP contribution in [0.25, 0.3) is 0 Å². The number of amidine groups is 1. The van der Waals surface area contributed by atoms with E-state index in [4.69, 9.17) is 27.5 Å². The second-order valence-electron chi connectivity index (χ2n) is 4.07. The van der Waals surface area contributed by atoms with Gasteiger partial charge in [0.1, 0.15) is 23.2 Å². The quantitative estimate of drug-likeness (QED) is 0.661. The van der Waals surface area contributed by atoms with Crippen molar-refractivity contribution in [2.75, 3.05) is 0 Å². The van der Waals surface area contributed by atoms with Gasteiger partial charge in [0, 0.05) is 5.02 Å². The number of halogens is 2. The van der Waals surface area contributed by atoms with Crippen LogP contribution in [0.3, 0.4) is 0 Å². The standard InChI is InChI=1S/C14H12ClFN2O/c1-8-6-10(3-4-12(8)15)19-13-5-2-9(16)7-11(13)14(17)18/h2-7H,1H3,(H3,17,18). The molecule has 0 aromatic heterocycles. The molecule has 0 heterocycles. The molecule has 0 aliphatic heterocycles. The average molecular weight is 279 g/mol. The van der Waals surface area contributed by atoms with Crippen LogP contribution in [0.15, 0.2) is 36.4 Å². The number of hydrogen-bond donors (Lipinski definition) is 2. The SMILES string of the molecule is Cc1cc(Oc2ccc(F)cc2C(=N)N)ccc1Cl. The van der Waals surface area contributed by atoms with Crippen LogP contribution in [-0.2, 0) is 0 Å². The van der Waals surface area contributed by atoms with E-state index in [2.05, 4.69) is 0 Å². The third kappa shape index (κ3) is 3.03. The maximum Gasteiger partial charge on any atom is 0.138 e. The molecule has 0 atom stereocenters. The number of benzene rings is 2. The molecule has 3 nitrogen and oxygen atoms in total. The van der Waals surface area contributed by atoms with Crippen molar-refractivity contribution in [2.24, 2.45) is 5.73 Å². The van der Waals surface area contributed by atoms with Gasteiger partial charge in [-0.05, 0) is 48.9 Å². The Labute approximate surface area is 115 Å². The van der Waals surface area contributed by atoms with Crippen LogP contribution < -0.4 is 10.5 Å². The minimum absolute atomic E-state index is 0.215. The Bertz CT molecular complexity index is 643. The van der Waals surface area contributed by atoms with Crippen LogP contribution >= 0.6 is 11.6 Å². The van der Waals surface area contributed by atoms with Gasteiger partial charge in [-0.1, -0.05) is 11.6 Å². The summed E-state index contributed by atoms with van der Waals surface area (Å²) < 4.78 is 18.8. The number of rotatable bonds is 3. The molecule has 0 amide bonds. The van der Waals surface area contributed by atoms with Crippen molar-refractivity contribution in [1.29, 1.82) is 5.41 Å². The van der Waals surface area contributed by atoms with Gasteiger partial charge >= 0.3 is 0 Å². The van der Waals surface area contributed by atoms with E-state index in [0.717, 1.165) is 5.56 Å². The minimum atomic E-state index is -0.468. The largest absolute Gasteiger partial charge is 0.457 e. The first-order valence-electron chi connectivity index (χ1n) is 5.55. The van der Waals surface area contributed by atoms with Gasteiger partial charge < -0.3 is 10.5 Å². The summed E-state index contributed by atoms with van der Waals surface area (Å²) in [7, 11) is 0. The molecular formula is C14H12ClFN2O. The van der Waals surface area contributed by atoms with Gasteiger partial charge in [-0.25, -0.2) is 4.39 Å². The summed E-state index contributed by atoms with van der Waals surface area (Å²) in [6.07, 6.45) is 0. The third-order valence-electron chi connectivity index (χ3n) is 2.59. The molecule has 0 aliphatic carbocycles. The van der Waals surface area contributed by atoms with Crippen LogP contribution in [0.2, 0.25) is 5.02 Å². The van der Waals surface area contributed by atoms with Gasteiger partial charge in [0.05, 0.1) is 5.56 Å². The van der Waals surface area contributed by atoms with Crippen molar-refractivity contribution >= 4 is 17.4 Å². The molecule has 0 saturated heterocycles. The first kappa shape index (κ1) is 13.4. The van der Waals surface area contributed by atoms with Crippen LogP contribution in [0.5, 0.6) is 11.5 Å². The van der Waals surface area contributed by atoms with Crippen molar-refractivity contribution in [2.45, 2.75) is 6.92 Å². The summed E-state index contributed by atoms with van der Waals surface area (Å²) in [5.41, 5.74) is 6.49. The van der Waals surface area contributed by atoms with E-state index in [-0.39, 0.29) is 11.4 Å². The fraction of sp³-hybridized carbons (Fsp3) is 0.0714. The summed E-state index contributed by atoms with van der Waals surface area (Å²) >= 11 is 5.93.